The minimum atomic E-state index is 0.553. The number of hydrogen-bond acceptors (Lipinski definition) is 2. The van der Waals surface area contributed by atoms with E-state index in [0.29, 0.717) is 12.0 Å². The molecule has 1 aromatic carbocycles. The minimum absolute atomic E-state index is 0.553. The van der Waals surface area contributed by atoms with Gasteiger partial charge in [-0.05, 0) is 65.4 Å². The molecule has 0 amide bonds. The molecule has 0 radical (unpaired) electrons. The predicted molar refractivity (Wildman–Crippen MR) is 84.0 cm³/mol. The quantitative estimate of drug-likeness (QED) is 0.861. The van der Waals surface area contributed by atoms with E-state index >= 15 is 0 Å². The summed E-state index contributed by atoms with van der Waals surface area (Å²) in [5.74, 6) is 1.51. The number of nitrogens with one attached hydrogen (secondary N) is 1. The smallest absolute Gasteiger partial charge is 0.133 e. The molecule has 0 aliphatic carbocycles. The topological polar surface area (TPSA) is 21.3 Å². The van der Waals surface area contributed by atoms with Crippen molar-refractivity contribution in [1.29, 1.82) is 0 Å². The van der Waals surface area contributed by atoms with E-state index in [1.54, 1.807) is 0 Å². The molecule has 1 aromatic rings. The van der Waals surface area contributed by atoms with Crippen LogP contribution in [0.3, 0.4) is 0 Å². The maximum atomic E-state index is 5.89. The lowest BCUT2D eigenvalue weighted by Crippen LogP contribution is -2.35. The van der Waals surface area contributed by atoms with Crippen molar-refractivity contribution in [2.24, 2.45) is 0 Å². The molecule has 1 atom stereocenters. The number of rotatable bonds is 5. The van der Waals surface area contributed by atoms with Gasteiger partial charge in [-0.2, -0.15) is 0 Å². The largest absolute Gasteiger partial charge is 0.492 e. The van der Waals surface area contributed by atoms with Gasteiger partial charge in [-0.15, -0.1) is 0 Å². The molecule has 1 aliphatic rings. The molecule has 3 heteroatoms. The van der Waals surface area contributed by atoms with Crippen molar-refractivity contribution in [2.75, 3.05) is 13.2 Å². The van der Waals surface area contributed by atoms with Gasteiger partial charge in [0.1, 0.15) is 5.75 Å². The van der Waals surface area contributed by atoms with Crippen LogP contribution in [0.15, 0.2) is 22.7 Å². The first-order valence-corrected chi connectivity index (χ1v) is 8.11. The van der Waals surface area contributed by atoms with Crippen LogP contribution in [0.5, 0.6) is 5.75 Å². The monoisotopic (exact) mass is 325 g/mol. The highest BCUT2D eigenvalue weighted by Crippen LogP contribution is 2.29. The lowest BCUT2D eigenvalue weighted by Gasteiger charge is -2.23. The van der Waals surface area contributed by atoms with Gasteiger partial charge in [0.2, 0.25) is 0 Å². The molecule has 1 N–H and O–H groups in total. The Morgan fingerprint density at radius 2 is 2.21 bits per heavy atom. The van der Waals surface area contributed by atoms with Crippen LogP contribution in [-0.4, -0.2) is 19.2 Å². The summed E-state index contributed by atoms with van der Waals surface area (Å²) in [5, 5.41) is 3.55. The Hall–Kier alpha value is -0.540. The first kappa shape index (κ1) is 14.9. The van der Waals surface area contributed by atoms with Crippen molar-refractivity contribution in [3.05, 3.63) is 28.2 Å². The van der Waals surface area contributed by atoms with Crippen LogP contribution in [0.1, 0.15) is 51.0 Å². The fourth-order valence-electron chi connectivity index (χ4n) is 2.47. The Morgan fingerprint density at radius 1 is 1.37 bits per heavy atom. The van der Waals surface area contributed by atoms with E-state index in [-0.39, 0.29) is 0 Å². The van der Waals surface area contributed by atoms with Gasteiger partial charge < -0.3 is 10.1 Å². The van der Waals surface area contributed by atoms with E-state index in [2.05, 4.69) is 53.3 Å². The van der Waals surface area contributed by atoms with Crippen molar-refractivity contribution < 1.29 is 4.74 Å². The molecule has 0 bridgehead atoms. The van der Waals surface area contributed by atoms with Gasteiger partial charge in [-0.1, -0.05) is 26.3 Å². The molecule has 0 saturated carbocycles. The van der Waals surface area contributed by atoms with Gasteiger partial charge in [0.25, 0.3) is 0 Å². The van der Waals surface area contributed by atoms with Crippen LogP contribution in [-0.2, 0) is 0 Å². The number of piperidine rings is 1. The Labute approximate surface area is 125 Å². The summed E-state index contributed by atoms with van der Waals surface area (Å²) in [6.45, 7) is 6.36. The normalized spacial score (nSPS) is 19.7. The molecule has 2 nitrogen and oxygen atoms in total. The van der Waals surface area contributed by atoms with E-state index < -0.39 is 0 Å². The molecule has 106 valence electrons. The third kappa shape index (κ3) is 4.50. The predicted octanol–water partition coefficient (Wildman–Crippen LogP) is 4.48. The lowest BCUT2D eigenvalue weighted by atomic mass is 10.0. The Kier molecular flexibility index (Phi) is 5.71. The van der Waals surface area contributed by atoms with Crippen molar-refractivity contribution in [3.63, 3.8) is 0 Å². The molecule has 1 fully saturated rings. The zero-order valence-electron chi connectivity index (χ0n) is 11.9. The standard InChI is InChI=1S/C16H24BrNO/c1-12(2)13-6-7-16(15(17)11-13)19-10-8-14-5-3-4-9-18-14/h6-7,11-12,14,18H,3-5,8-10H2,1-2H3/t14-/m1/s1. The average molecular weight is 326 g/mol. The molecule has 1 saturated heterocycles. The van der Waals surface area contributed by atoms with Gasteiger partial charge in [-0.3, -0.25) is 0 Å². The van der Waals surface area contributed by atoms with Crippen LogP contribution in [0.2, 0.25) is 0 Å². The van der Waals surface area contributed by atoms with Crippen LogP contribution in [0.4, 0.5) is 0 Å². The van der Waals surface area contributed by atoms with Crippen LogP contribution >= 0.6 is 15.9 Å². The van der Waals surface area contributed by atoms with E-state index in [1.165, 1.54) is 24.8 Å². The van der Waals surface area contributed by atoms with Gasteiger partial charge in [-0.25, -0.2) is 0 Å². The summed E-state index contributed by atoms with van der Waals surface area (Å²) in [5.41, 5.74) is 1.34. The highest BCUT2D eigenvalue weighted by molar-refractivity contribution is 9.10. The summed E-state index contributed by atoms with van der Waals surface area (Å²) in [7, 11) is 0. The highest BCUT2D eigenvalue weighted by atomic mass is 79.9. The summed E-state index contributed by atoms with van der Waals surface area (Å²) in [6.07, 6.45) is 5.05. The van der Waals surface area contributed by atoms with Gasteiger partial charge >= 0.3 is 0 Å². The fraction of sp³-hybridized carbons (Fsp3) is 0.625. The van der Waals surface area contributed by atoms with Crippen LogP contribution in [0, 0.1) is 0 Å². The third-order valence-corrected chi connectivity index (χ3v) is 4.38. The van der Waals surface area contributed by atoms with Crippen LogP contribution in [0.25, 0.3) is 0 Å². The van der Waals surface area contributed by atoms with Crippen molar-refractivity contribution in [3.8, 4) is 5.75 Å². The number of benzene rings is 1. The third-order valence-electron chi connectivity index (χ3n) is 3.76. The zero-order chi connectivity index (χ0) is 13.7. The van der Waals surface area contributed by atoms with Crippen molar-refractivity contribution in [1.82, 2.24) is 5.32 Å². The molecule has 19 heavy (non-hydrogen) atoms. The second-order valence-electron chi connectivity index (χ2n) is 5.63. The molecule has 2 rings (SSSR count). The number of hydrogen-bond donors (Lipinski definition) is 1. The average Bonchev–Trinajstić information content (AvgIpc) is 2.41. The summed E-state index contributed by atoms with van der Waals surface area (Å²) < 4.78 is 6.95. The van der Waals surface area contributed by atoms with Crippen molar-refractivity contribution >= 4 is 15.9 Å². The zero-order valence-corrected chi connectivity index (χ0v) is 13.5. The SMILES string of the molecule is CC(C)c1ccc(OCC[C@H]2CCCCN2)c(Br)c1. The number of ether oxygens (including phenoxy) is 1. The second-order valence-corrected chi connectivity index (χ2v) is 6.48. The number of halogens is 1. The Balaban J connectivity index is 1.82. The van der Waals surface area contributed by atoms with Crippen LogP contribution < -0.4 is 10.1 Å². The fourth-order valence-corrected chi connectivity index (χ4v) is 2.99. The molecular formula is C16H24BrNO. The molecule has 0 unspecified atom stereocenters. The maximum absolute atomic E-state index is 5.89. The molecule has 1 aliphatic heterocycles. The first-order valence-electron chi connectivity index (χ1n) is 7.32. The Bertz CT molecular complexity index is 400. The molecular weight excluding hydrogens is 302 g/mol. The highest BCUT2D eigenvalue weighted by Gasteiger charge is 2.12. The van der Waals surface area contributed by atoms with E-state index in [1.807, 2.05) is 0 Å². The van der Waals surface area contributed by atoms with E-state index in [9.17, 15) is 0 Å². The molecule has 1 heterocycles. The first-order chi connectivity index (χ1) is 9.16. The minimum Gasteiger partial charge on any atom is -0.492 e. The summed E-state index contributed by atoms with van der Waals surface area (Å²) >= 11 is 3.60. The lowest BCUT2D eigenvalue weighted by molar-refractivity contribution is 0.267. The second kappa shape index (κ2) is 7.30. The van der Waals surface area contributed by atoms with Gasteiger partial charge in [0, 0.05) is 6.04 Å². The summed E-state index contributed by atoms with van der Waals surface area (Å²) in [6, 6.07) is 7.04. The van der Waals surface area contributed by atoms with Gasteiger partial charge in [0.15, 0.2) is 0 Å². The molecule has 0 spiro atoms. The molecule has 0 aromatic heterocycles. The van der Waals surface area contributed by atoms with E-state index in [4.69, 9.17) is 4.74 Å². The van der Waals surface area contributed by atoms with Gasteiger partial charge in [0.05, 0.1) is 11.1 Å². The maximum Gasteiger partial charge on any atom is 0.133 e. The van der Waals surface area contributed by atoms with Crippen molar-refractivity contribution in [2.45, 2.75) is 51.5 Å². The Morgan fingerprint density at radius 3 is 2.84 bits per heavy atom. The van der Waals surface area contributed by atoms with E-state index in [0.717, 1.165) is 29.8 Å². The summed E-state index contributed by atoms with van der Waals surface area (Å²) in [4.78, 5) is 0.